The molecule has 0 radical (unpaired) electrons. The fraction of sp³-hybridized carbons (Fsp3) is 0.571. The van der Waals surface area contributed by atoms with Gasteiger partial charge >= 0.3 is 0 Å². The van der Waals surface area contributed by atoms with Crippen molar-refractivity contribution in [3.8, 4) is 5.75 Å². The van der Waals surface area contributed by atoms with Gasteiger partial charge in [0.25, 0.3) is 0 Å². The Balaban J connectivity index is 2.31. The van der Waals surface area contributed by atoms with E-state index < -0.39 is 0 Å². The molecule has 1 aliphatic rings. The highest BCUT2D eigenvalue weighted by Gasteiger charge is 2.38. The van der Waals surface area contributed by atoms with Crippen molar-refractivity contribution in [1.82, 2.24) is 5.43 Å². The fourth-order valence-electron chi connectivity index (χ4n) is 2.43. The quantitative estimate of drug-likeness (QED) is 0.587. The first kappa shape index (κ1) is 14.2. The van der Waals surface area contributed by atoms with E-state index in [4.69, 9.17) is 15.3 Å². The summed E-state index contributed by atoms with van der Waals surface area (Å²) in [6, 6.07) is 4.18. The summed E-state index contributed by atoms with van der Waals surface area (Å²) >= 11 is 0. The van der Waals surface area contributed by atoms with Crippen LogP contribution in [-0.2, 0) is 4.74 Å². The molecule has 1 aromatic rings. The summed E-state index contributed by atoms with van der Waals surface area (Å²) < 4.78 is 24.6. The molecule has 1 aromatic carbocycles. The van der Waals surface area contributed by atoms with Gasteiger partial charge in [-0.25, -0.2) is 4.39 Å². The maximum Gasteiger partial charge on any atom is 0.123 e. The molecule has 0 amide bonds. The van der Waals surface area contributed by atoms with Gasteiger partial charge < -0.3 is 9.47 Å². The van der Waals surface area contributed by atoms with Gasteiger partial charge in [-0.1, -0.05) is 0 Å². The van der Waals surface area contributed by atoms with E-state index >= 15 is 0 Å². The van der Waals surface area contributed by atoms with E-state index in [1.807, 2.05) is 6.92 Å². The van der Waals surface area contributed by atoms with E-state index in [9.17, 15) is 4.39 Å². The van der Waals surface area contributed by atoms with E-state index in [1.165, 1.54) is 12.1 Å². The van der Waals surface area contributed by atoms with Gasteiger partial charge in [0.05, 0.1) is 19.3 Å². The minimum absolute atomic E-state index is 0.0503. The number of ether oxygens (including phenoxy) is 2. The normalized spacial score (nSPS) is 18.1. The number of nitrogens with two attached hydrogens (primary N) is 1. The Morgan fingerprint density at radius 3 is 2.74 bits per heavy atom. The number of hydrazine groups is 1. The van der Waals surface area contributed by atoms with Gasteiger partial charge in [0.2, 0.25) is 0 Å². The summed E-state index contributed by atoms with van der Waals surface area (Å²) in [5.41, 5.74) is 3.46. The van der Waals surface area contributed by atoms with Crippen LogP contribution in [0.3, 0.4) is 0 Å². The Morgan fingerprint density at radius 1 is 1.47 bits per heavy atom. The molecule has 1 aliphatic carbocycles. The van der Waals surface area contributed by atoms with Crippen LogP contribution in [-0.4, -0.2) is 19.8 Å². The number of nitrogens with one attached hydrogen (secondary N) is 1. The van der Waals surface area contributed by atoms with Crippen LogP contribution in [0.15, 0.2) is 18.2 Å². The maximum absolute atomic E-state index is 13.5. The number of methoxy groups -OCH3 is 1. The predicted molar refractivity (Wildman–Crippen MR) is 71.2 cm³/mol. The minimum Gasteiger partial charge on any atom is -0.496 e. The topological polar surface area (TPSA) is 56.5 Å². The van der Waals surface area contributed by atoms with Crippen molar-refractivity contribution in [2.45, 2.75) is 31.9 Å². The number of hydrogen-bond acceptors (Lipinski definition) is 4. The first-order valence-corrected chi connectivity index (χ1v) is 6.62. The molecule has 2 unspecified atom stereocenters. The lowest BCUT2D eigenvalue weighted by Gasteiger charge is -2.28. The second-order valence-electron chi connectivity index (χ2n) is 4.79. The molecule has 0 bridgehead atoms. The molecule has 0 aliphatic heterocycles. The molecule has 19 heavy (non-hydrogen) atoms. The maximum atomic E-state index is 13.5. The average Bonchev–Trinajstić information content (AvgIpc) is 3.23. The monoisotopic (exact) mass is 268 g/mol. The molecule has 5 heteroatoms. The van der Waals surface area contributed by atoms with Crippen LogP contribution < -0.4 is 16.0 Å². The Labute approximate surface area is 113 Å². The van der Waals surface area contributed by atoms with Gasteiger partial charge in [0.1, 0.15) is 11.6 Å². The smallest absolute Gasteiger partial charge is 0.123 e. The standard InChI is InChI=1S/C14H21FN2O2/c1-3-19-14(9-4-5-9)13(17-16)11-8-10(15)6-7-12(11)18-2/h6-9,13-14,17H,3-5,16H2,1-2H3. The highest BCUT2D eigenvalue weighted by atomic mass is 19.1. The Hall–Kier alpha value is -1.17. The summed E-state index contributed by atoms with van der Waals surface area (Å²) in [5, 5.41) is 0. The molecule has 0 spiro atoms. The van der Waals surface area contributed by atoms with Crippen molar-refractivity contribution in [2.75, 3.05) is 13.7 Å². The van der Waals surface area contributed by atoms with E-state index in [0.717, 1.165) is 12.8 Å². The molecule has 0 aromatic heterocycles. The molecule has 1 saturated carbocycles. The highest BCUT2D eigenvalue weighted by molar-refractivity contribution is 5.37. The lowest BCUT2D eigenvalue weighted by Crippen LogP contribution is -2.39. The molecule has 0 heterocycles. The van der Waals surface area contributed by atoms with Gasteiger partial charge in [0, 0.05) is 12.2 Å². The van der Waals surface area contributed by atoms with Crippen LogP contribution in [0.4, 0.5) is 4.39 Å². The third-order valence-corrected chi connectivity index (χ3v) is 3.48. The minimum atomic E-state index is -0.304. The van der Waals surface area contributed by atoms with E-state index in [2.05, 4.69) is 5.43 Å². The third kappa shape index (κ3) is 3.23. The van der Waals surface area contributed by atoms with Crippen LogP contribution in [0, 0.1) is 11.7 Å². The molecule has 1 fully saturated rings. The van der Waals surface area contributed by atoms with E-state index in [-0.39, 0.29) is 18.0 Å². The third-order valence-electron chi connectivity index (χ3n) is 3.48. The van der Waals surface area contributed by atoms with Crippen molar-refractivity contribution in [3.05, 3.63) is 29.6 Å². The highest BCUT2D eigenvalue weighted by Crippen LogP contribution is 2.41. The number of rotatable bonds is 7. The van der Waals surface area contributed by atoms with Crippen molar-refractivity contribution in [1.29, 1.82) is 0 Å². The number of halogens is 1. The van der Waals surface area contributed by atoms with E-state index in [0.29, 0.717) is 23.8 Å². The average molecular weight is 268 g/mol. The first-order valence-electron chi connectivity index (χ1n) is 6.62. The molecule has 106 valence electrons. The van der Waals surface area contributed by atoms with Gasteiger partial charge in [-0.2, -0.15) is 0 Å². The molecule has 2 atom stereocenters. The van der Waals surface area contributed by atoms with E-state index in [1.54, 1.807) is 13.2 Å². The van der Waals surface area contributed by atoms with Crippen molar-refractivity contribution in [2.24, 2.45) is 11.8 Å². The zero-order chi connectivity index (χ0) is 13.8. The molecule has 2 rings (SSSR count). The lowest BCUT2D eigenvalue weighted by atomic mass is 9.97. The van der Waals surface area contributed by atoms with Gasteiger partial charge in [0.15, 0.2) is 0 Å². The zero-order valence-corrected chi connectivity index (χ0v) is 11.4. The SMILES string of the molecule is CCOC(C1CC1)C(NN)c1cc(F)ccc1OC. The summed E-state index contributed by atoms with van der Waals surface area (Å²) in [7, 11) is 1.57. The molecule has 3 N–H and O–H groups in total. The number of hydrogen-bond donors (Lipinski definition) is 2. The predicted octanol–water partition coefficient (Wildman–Crippen LogP) is 2.15. The summed E-state index contributed by atoms with van der Waals surface area (Å²) in [6.07, 6.45) is 2.20. The van der Waals surface area contributed by atoms with Crippen LogP contribution in [0.25, 0.3) is 0 Å². The Bertz CT molecular complexity index is 424. The van der Waals surface area contributed by atoms with Crippen molar-refractivity contribution >= 4 is 0 Å². The molecule has 0 saturated heterocycles. The van der Waals surface area contributed by atoms with Gasteiger partial charge in [-0.3, -0.25) is 11.3 Å². The lowest BCUT2D eigenvalue weighted by molar-refractivity contribution is 0.0179. The van der Waals surface area contributed by atoms with Crippen molar-refractivity contribution in [3.63, 3.8) is 0 Å². The van der Waals surface area contributed by atoms with Crippen LogP contribution in [0.2, 0.25) is 0 Å². The molecular weight excluding hydrogens is 247 g/mol. The summed E-state index contributed by atoms with van der Waals surface area (Å²) in [5.74, 6) is 6.46. The molecule has 4 nitrogen and oxygen atoms in total. The van der Waals surface area contributed by atoms with Crippen LogP contribution in [0.5, 0.6) is 5.75 Å². The number of benzene rings is 1. The first-order chi connectivity index (χ1) is 9.21. The second kappa shape index (κ2) is 6.32. The second-order valence-corrected chi connectivity index (χ2v) is 4.79. The Morgan fingerprint density at radius 2 is 2.21 bits per heavy atom. The largest absolute Gasteiger partial charge is 0.496 e. The summed E-state index contributed by atoms with van der Waals surface area (Å²) in [4.78, 5) is 0. The Kier molecular flexibility index (Phi) is 4.74. The zero-order valence-electron chi connectivity index (χ0n) is 11.4. The van der Waals surface area contributed by atoms with Gasteiger partial charge in [-0.15, -0.1) is 0 Å². The summed E-state index contributed by atoms with van der Waals surface area (Å²) in [6.45, 7) is 2.56. The van der Waals surface area contributed by atoms with Crippen LogP contribution in [0.1, 0.15) is 31.4 Å². The van der Waals surface area contributed by atoms with Gasteiger partial charge in [-0.05, 0) is 43.9 Å². The van der Waals surface area contributed by atoms with Crippen LogP contribution >= 0.6 is 0 Å². The van der Waals surface area contributed by atoms with Crippen molar-refractivity contribution < 1.29 is 13.9 Å². The fourth-order valence-corrected chi connectivity index (χ4v) is 2.43. The molecular formula is C14H21FN2O2.